The molecule has 0 N–H and O–H groups in total. The molecule has 2 unspecified atom stereocenters. The molecule has 6 nitrogen and oxygen atoms in total. The molecule has 2 aliphatic heterocycles. The molecule has 2 saturated heterocycles. The number of carbonyl (C=O) groups is 1. The van der Waals surface area contributed by atoms with Crippen molar-refractivity contribution in [1.82, 2.24) is 9.97 Å². The van der Waals surface area contributed by atoms with E-state index in [0.29, 0.717) is 37.8 Å². The SMILES string of the molecule is COc1cc(C(=O)C2CCOC3(CCOC3)C2)ncn1. The summed E-state index contributed by atoms with van der Waals surface area (Å²) in [7, 11) is 1.52. The van der Waals surface area contributed by atoms with Crippen molar-refractivity contribution in [3.05, 3.63) is 18.1 Å². The van der Waals surface area contributed by atoms with Crippen LogP contribution in [0.25, 0.3) is 0 Å². The quantitative estimate of drug-likeness (QED) is 0.775. The zero-order valence-corrected chi connectivity index (χ0v) is 11.5. The van der Waals surface area contributed by atoms with Crippen molar-refractivity contribution in [2.75, 3.05) is 26.9 Å². The summed E-state index contributed by atoms with van der Waals surface area (Å²) < 4.78 is 16.3. The highest BCUT2D eigenvalue weighted by Crippen LogP contribution is 2.36. The monoisotopic (exact) mass is 278 g/mol. The Bertz CT molecular complexity index is 500. The summed E-state index contributed by atoms with van der Waals surface area (Å²) in [6.45, 7) is 1.90. The van der Waals surface area contributed by atoms with Crippen molar-refractivity contribution in [2.45, 2.75) is 24.9 Å². The van der Waals surface area contributed by atoms with Gasteiger partial charge in [0.25, 0.3) is 0 Å². The van der Waals surface area contributed by atoms with Crippen LogP contribution in [0.4, 0.5) is 0 Å². The Morgan fingerprint density at radius 1 is 1.45 bits per heavy atom. The van der Waals surface area contributed by atoms with Crippen molar-refractivity contribution in [1.29, 1.82) is 0 Å². The minimum absolute atomic E-state index is 0.0419. The molecule has 0 bridgehead atoms. The van der Waals surface area contributed by atoms with Crippen LogP contribution < -0.4 is 4.74 Å². The summed E-state index contributed by atoms with van der Waals surface area (Å²) >= 11 is 0. The van der Waals surface area contributed by atoms with E-state index in [1.165, 1.54) is 13.4 Å². The molecular formula is C14H18N2O4. The molecule has 3 heterocycles. The van der Waals surface area contributed by atoms with E-state index in [4.69, 9.17) is 14.2 Å². The Labute approximate surface area is 117 Å². The van der Waals surface area contributed by atoms with Gasteiger partial charge in [0, 0.05) is 31.6 Å². The molecule has 6 heteroatoms. The maximum atomic E-state index is 12.6. The summed E-state index contributed by atoms with van der Waals surface area (Å²) in [5.74, 6) is 0.389. The van der Waals surface area contributed by atoms with Gasteiger partial charge in [0.1, 0.15) is 12.0 Å². The third-order valence-electron chi connectivity index (χ3n) is 4.03. The standard InChI is InChI=1S/C14H18N2O4/c1-18-12-6-11(15-9-16-12)13(17)10-2-4-20-14(7-10)3-5-19-8-14/h6,9-10H,2-5,7-8H2,1H3. The van der Waals surface area contributed by atoms with Crippen LogP contribution in [0.1, 0.15) is 29.8 Å². The average molecular weight is 278 g/mol. The smallest absolute Gasteiger partial charge is 0.216 e. The number of carbonyl (C=O) groups excluding carboxylic acids is 1. The number of aromatic nitrogens is 2. The second kappa shape index (κ2) is 5.46. The molecule has 2 fully saturated rings. The molecule has 2 atom stereocenters. The average Bonchev–Trinajstić information content (AvgIpc) is 2.94. The van der Waals surface area contributed by atoms with Gasteiger partial charge in [-0.25, -0.2) is 9.97 Å². The van der Waals surface area contributed by atoms with Gasteiger partial charge in [0.15, 0.2) is 5.78 Å². The summed E-state index contributed by atoms with van der Waals surface area (Å²) in [5.41, 5.74) is 0.146. The molecule has 1 spiro atoms. The van der Waals surface area contributed by atoms with Gasteiger partial charge in [0.2, 0.25) is 5.88 Å². The van der Waals surface area contributed by atoms with E-state index in [1.54, 1.807) is 6.07 Å². The topological polar surface area (TPSA) is 70.5 Å². The second-order valence-electron chi connectivity index (χ2n) is 5.33. The largest absolute Gasteiger partial charge is 0.481 e. The van der Waals surface area contributed by atoms with Crippen LogP contribution >= 0.6 is 0 Å². The lowest BCUT2D eigenvalue weighted by Crippen LogP contribution is -2.42. The van der Waals surface area contributed by atoms with Gasteiger partial charge < -0.3 is 14.2 Å². The highest BCUT2D eigenvalue weighted by Gasteiger charge is 2.43. The van der Waals surface area contributed by atoms with Crippen molar-refractivity contribution < 1.29 is 19.0 Å². The van der Waals surface area contributed by atoms with Crippen LogP contribution in [0.15, 0.2) is 12.4 Å². The van der Waals surface area contributed by atoms with Gasteiger partial charge in [0.05, 0.1) is 19.3 Å². The first-order valence-electron chi connectivity index (χ1n) is 6.84. The Balaban J connectivity index is 1.76. The lowest BCUT2D eigenvalue weighted by Gasteiger charge is -2.36. The van der Waals surface area contributed by atoms with Crippen molar-refractivity contribution >= 4 is 5.78 Å². The molecule has 3 rings (SSSR count). The van der Waals surface area contributed by atoms with Crippen molar-refractivity contribution in [2.24, 2.45) is 5.92 Å². The number of hydrogen-bond donors (Lipinski definition) is 0. The third-order valence-corrected chi connectivity index (χ3v) is 4.03. The van der Waals surface area contributed by atoms with E-state index in [0.717, 1.165) is 12.8 Å². The Morgan fingerprint density at radius 2 is 2.35 bits per heavy atom. The predicted molar refractivity (Wildman–Crippen MR) is 69.8 cm³/mol. The molecule has 20 heavy (non-hydrogen) atoms. The molecular weight excluding hydrogens is 260 g/mol. The zero-order chi connectivity index (χ0) is 14.0. The van der Waals surface area contributed by atoms with Gasteiger partial charge in [-0.1, -0.05) is 0 Å². The van der Waals surface area contributed by atoms with Gasteiger partial charge in [-0.05, 0) is 12.8 Å². The van der Waals surface area contributed by atoms with Crippen molar-refractivity contribution in [3.63, 3.8) is 0 Å². The molecule has 108 valence electrons. The number of Topliss-reactive ketones (excluding diaryl/α,β-unsaturated/α-hetero) is 1. The summed E-state index contributed by atoms with van der Waals surface area (Å²) in [4.78, 5) is 20.6. The molecule has 0 radical (unpaired) electrons. The number of rotatable bonds is 3. The van der Waals surface area contributed by atoms with Gasteiger partial charge in [-0.2, -0.15) is 0 Å². The fourth-order valence-electron chi connectivity index (χ4n) is 2.91. The Kier molecular flexibility index (Phi) is 3.67. The van der Waals surface area contributed by atoms with Crippen LogP contribution in [-0.4, -0.2) is 48.3 Å². The molecule has 0 aliphatic carbocycles. The summed E-state index contributed by atoms with van der Waals surface area (Å²) in [6.07, 6.45) is 3.66. The first-order valence-corrected chi connectivity index (χ1v) is 6.84. The first kappa shape index (κ1) is 13.5. The summed E-state index contributed by atoms with van der Waals surface area (Å²) in [5, 5.41) is 0. The highest BCUT2D eigenvalue weighted by molar-refractivity contribution is 5.96. The lowest BCUT2D eigenvalue weighted by atomic mass is 9.82. The highest BCUT2D eigenvalue weighted by atomic mass is 16.6. The molecule has 1 aromatic heterocycles. The van der Waals surface area contributed by atoms with E-state index in [1.807, 2.05) is 0 Å². The van der Waals surface area contributed by atoms with Crippen LogP contribution in [0.5, 0.6) is 5.88 Å². The Hall–Kier alpha value is -1.53. The van der Waals surface area contributed by atoms with Crippen molar-refractivity contribution in [3.8, 4) is 5.88 Å². The number of nitrogens with zero attached hydrogens (tertiary/aromatic N) is 2. The maximum absolute atomic E-state index is 12.6. The zero-order valence-electron chi connectivity index (χ0n) is 11.5. The predicted octanol–water partition coefficient (Wildman–Crippen LogP) is 1.25. The fourth-order valence-corrected chi connectivity index (χ4v) is 2.91. The number of ether oxygens (including phenoxy) is 3. The van der Waals surface area contributed by atoms with Crippen LogP contribution in [0.2, 0.25) is 0 Å². The van der Waals surface area contributed by atoms with E-state index in [2.05, 4.69) is 9.97 Å². The molecule has 0 aromatic carbocycles. The normalized spacial score (nSPS) is 29.6. The minimum Gasteiger partial charge on any atom is -0.481 e. The van der Waals surface area contributed by atoms with Gasteiger partial charge >= 0.3 is 0 Å². The van der Waals surface area contributed by atoms with E-state index >= 15 is 0 Å². The molecule has 0 amide bonds. The molecule has 0 saturated carbocycles. The van der Waals surface area contributed by atoms with Gasteiger partial charge in [-0.15, -0.1) is 0 Å². The lowest BCUT2D eigenvalue weighted by molar-refractivity contribution is -0.0921. The van der Waals surface area contributed by atoms with E-state index in [9.17, 15) is 4.79 Å². The Morgan fingerprint density at radius 3 is 3.10 bits per heavy atom. The minimum atomic E-state index is -0.268. The maximum Gasteiger partial charge on any atom is 0.216 e. The number of hydrogen-bond acceptors (Lipinski definition) is 6. The van der Waals surface area contributed by atoms with E-state index < -0.39 is 0 Å². The van der Waals surface area contributed by atoms with Crippen LogP contribution in [0.3, 0.4) is 0 Å². The fraction of sp³-hybridized carbons (Fsp3) is 0.643. The molecule has 2 aliphatic rings. The third kappa shape index (κ3) is 2.53. The number of ketones is 1. The van der Waals surface area contributed by atoms with E-state index in [-0.39, 0.29) is 17.3 Å². The molecule has 1 aromatic rings. The first-order chi connectivity index (χ1) is 9.72. The second-order valence-corrected chi connectivity index (χ2v) is 5.33. The number of methoxy groups -OCH3 is 1. The summed E-state index contributed by atoms with van der Waals surface area (Å²) in [6, 6.07) is 1.59. The van der Waals surface area contributed by atoms with Crippen LogP contribution in [-0.2, 0) is 9.47 Å². The van der Waals surface area contributed by atoms with Gasteiger partial charge in [-0.3, -0.25) is 4.79 Å². The van der Waals surface area contributed by atoms with Crippen LogP contribution in [0, 0.1) is 5.92 Å².